The highest BCUT2D eigenvalue weighted by molar-refractivity contribution is 5.89. The lowest BCUT2D eigenvalue weighted by Crippen LogP contribution is -2.56. The van der Waals surface area contributed by atoms with Gasteiger partial charge in [-0.2, -0.15) is 5.10 Å². The summed E-state index contributed by atoms with van der Waals surface area (Å²) in [6.45, 7) is 3.35. The van der Waals surface area contributed by atoms with Crippen LogP contribution in [-0.4, -0.2) is 57.1 Å². The van der Waals surface area contributed by atoms with Crippen molar-refractivity contribution in [3.05, 3.63) is 36.0 Å². The number of rotatable bonds is 4. The van der Waals surface area contributed by atoms with E-state index in [9.17, 15) is 13.9 Å². The molecule has 146 valence electrons. The highest BCUT2D eigenvalue weighted by Crippen LogP contribution is 2.30. The van der Waals surface area contributed by atoms with Crippen LogP contribution in [0.15, 0.2) is 24.4 Å². The Morgan fingerprint density at radius 1 is 1.41 bits per heavy atom. The van der Waals surface area contributed by atoms with Gasteiger partial charge in [-0.1, -0.05) is 6.92 Å². The van der Waals surface area contributed by atoms with Crippen LogP contribution in [0.3, 0.4) is 0 Å². The molecule has 1 aliphatic rings. The van der Waals surface area contributed by atoms with Gasteiger partial charge in [0.15, 0.2) is 23.1 Å². The van der Waals surface area contributed by atoms with Gasteiger partial charge in [0.25, 0.3) is 0 Å². The molecule has 1 saturated heterocycles. The second-order valence-electron chi connectivity index (χ2n) is 6.58. The smallest absolute Gasteiger partial charge is 0.181 e. The quantitative estimate of drug-likeness (QED) is 0.646. The van der Waals surface area contributed by atoms with Crippen LogP contribution in [0.1, 0.15) is 16.2 Å². The van der Waals surface area contributed by atoms with E-state index in [0.717, 1.165) is 6.07 Å². The number of aromatic amines is 1. The SMILES string of the molecule is CC[C@H](O)[C@@H]1CN(c2nc(-c3[nH]nc4ncccc34)c(F)cc2F)CCN1.[HH].[HH]. The molecule has 3 aromatic heterocycles. The molecule has 0 amide bonds. The Bertz CT molecular complexity index is 973. The fourth-order valence-corrected chi connectivity index (χ4v) is 3.40. The third kappa shape index (κ3) is 3.24. The van der Waals surface area contributed by atoms with Gasteiger partial charge in [0, 0.05) is 40.1 Å². The largest absolute Gasteiger partial charge is 0.391 e. The lowest BCUT2D eigenvalue weighted by molar-refractivity contribution is 0.120. The van der Waals surface area contributed by atoms with Gasteiger partial charge >= 0.3 is 0 Å². The van der Waals surface area contributed by atoms with Crippen molar-refractivity contribution in [3.63, 3.8) is 0 Å². The second-order valence-corrected chi connectivity index (χ2v) is 6.58. The maximum atomic E-state index is 14.5. The summed E-state index contributed by atoms with van der Waals surface area (Å²) in [5.41, 5.74) is 0.790. The summed E-state index contributed by atoms with van der Waals surface area (Å²) in [5, 5.41) is 20.7. The van der Waals surface area contributed by atoms with Crippen molar-refractivity contribution >= 4 is 16.9 Å². The van der Waals surface area contributed by atoms with Crippen LogP contribution in [0.5, 0.6) is 0 Å². The van der Waals surface area contributed by atoms with Gasteiger partial charge in [-0.25, -0.2) is 18.7 Å². The zero-order valence-electron chi connectivity index (χ0n) is 14.8. The molecule has 0 aromatic carbocycles. The molecule has 0 radical (unpaired) electrons. The molecule has 0 aliphatic carbocycles. The first-order valence-corrected chi connectivity index (χ1v) is 8.90. The first-order chi connectivity index (χ1) is 13.1. The van der Waals surface area contributed by atoms with E-state index < -0.39 is 17.7 Å². The molecule has 4 heterocycles. The summed E-state index contributed by atoms with van der Waals surface area (Å²) >= 11 is 0. The maximum absolute atomic E-state index is 14.5. The van der Waals surface area contributed by atoms with Gasteiger partial charge in [0.05, 0.1) is 17.8 Å². The number of nitrogens with one attached hydrogen (secondary N) is 2. The van der Waals surface area contributed by atoms with Crippen molar-refractivity contribution in [2.45, 2.75) is 25.5 Å². The highest BCUT2D eigenvalue weighted by atomic mass is 19.1. The van der Waals surface area contributed by atoms with Gasteiger partial charge in [-0.05, 0) is 18.6 Å². The average Bonchev–Trinajstić information content (AvgIpc) is 3.11. The number of H-pyrrole nitrogens is 1. The fourth-order valence-electron chi connectivity index (χ4n) is 3.40. The van der Waals surface area contributed by atoms with E-state index in [4.69, 9.17) is 0 Å². The Morgan fingerprint density at radius 2 is 2.26 bits per heavy atom. The second kappa shape index (κ2) is 7.16. The lowest BCUT2D eigenvalue weighted by atomic mass is 10.1. The molecular formula is C18H24F2N6O. The Labute approximate surface area is 157 Å². The molecular weight excluding hydrogens is 354 g/mol. The van der Waals surface area contributed by atoms with Crippen LogP contribution in [0.4, 0.5) is 14.6 Å². The number of hydrogen-bond acceptors (Lipinski definition) is 6. The highest BCUT2D eigenvalue weighted by Gasteiger charge is 2.28. The number of piperazine rings is 1. The number of aliphatic hydroxyl groups excluding tert-OH is 1. The predicted molar refractivity (Wildman–Crippen MR) is 102 cm³/mol. The number of aliphatic hydroxyl groups is 1. The fraction of sp³-hybridized carbons (Fsp3) is 0.389. The zero-order chi connectivity index (χ0) is 19.0. The van der Waals surface area contributed by atoms with Gasteiger partial charge < -0.3 is 15.3 Å². The van der Waals surface area contributed by atoms with E-state index in [1.165, 1.54) is 0 Å². The van der Waals surface area contributed by atoms with Crippen molar-refractivity contribution in [3.8, 4) is 11.4 Å². The number of aromatic nitrogens is 4. The number of halogens is 2. The van der Waals surface area contributed by atoms with Gasteiger partial charge in [0.1, 0.15) is 5.69 Å². The van der Waals surface area contributed by atoms with E-state index in [-0.39, 0.29) is 20.4 Å². The van der Waals surface area contributed by atoms with Gasteiger partial charge in [-0.15, -0.1) is 0 Å². The Kier molecular flexibility index (Phi) is 4.71. The standard InChI is InChI=1S/C18H20F2N6O.2H2/c1-2-14(27)13-9-26(7-6-21-13)18-12(20)8-11(19)16(23-18)15-10-4-3-5-22-17(10)25-24-15;;/h3-5,8,13-14,21,27H,2,6-7,9H2,1H3,(H,22,24,25);2*1H/t13-,14-;;/m0../s1. The van der Waals surface area contributed by atoms with E-state index >= 15 is 0 Å². The Hall–Kier alpha value is -2.65. The van der Waals surface area contributed by atoms with E-state index in [2.05, 4.69) is 25.5 Å². The van der Waals surface area contributed by atoms with Crippen LogP contribution >= 0.6 is 0 Å². The maximum Gasteiger partial charge on any atom is 0.181 e. The zero-order valence-corrected chi connectivity index (χ0v) is 14.8. The van der Waals surface area contributed by atoms with Crippen molar-refractivity contribution < 1.29 is 16.7 Å². The summed E-state index contributed by atoms with van der Waals surface area (Å²) in [6, 6.07) is 4.12. The molecule has 9 heteroatoms. The van der Waals surface area contributed by atoms with Gasteiger partial charge in [0.2, 0.25) is 0 Å². The van der Waals surface area contributed by atoms with Crippen molar-refractivity contribution in [2.24, 2.45) is 0 Å². The molecule has 2 atom stereocenters. The third-order valence-corrected chi connectivity index (χ3v) is 4.87. The number of pyridine rings is 2. The molecule has 0 spiro atoms. The summed E-state index contributed by atoms with van der Waals surface area (Å²) in [4.78, 5) is 10.1. The molecule has 4 rings (SSSR count). The molecule has 7 nitrogen and oxygen atoms in total. The van der Waals surface area contributed by atoms with E-state index in [0.29, 0.717) is 42.8 Å². The molecule has 0 saturated carbocycles. The Balaban J connectivity index is 0.00000150. The Morgan fingerprint density at radius 3 is 3.07 bits per heavy atom. The van der Waals surface area contributed by atoms with Gasteiger partial charge in [-0.3, -0.25) is 5.10 Å². The monoisotopic (exact) mass is 378 g/mol. The molecule has 0 unspecified atom stereocenters. The first kappa shape index (κ1) is 17.7. The minimum atomic E-state index is -0.772. The first-order valence-electron chi connectivity index (χ1n) is 8.90. The van der Waals surface area contributed by atoms with Crippen LogP contribution < -0.4 is 10.2 Å². The number of anilines is 1. The summed E-state index contributed by atoms with van der Waals surface area (Å²) in [7, 11) is 0. The van der Waals surface area contributed by atoms with Crippen LogP contribution in [0, 0.1) is 11.6 Å². The molecule has 3 N–H and O–H groups in total. The third-order valence-electron chi connectivity index (χ3n) is 4.87. The molecule has 27 heavy (non-hydrogen) atoms. The minimum Gasteiger partial charge on any atom is -0.391 e. The predicted octanol–water partition coefficient (Wildman–Crippen LogP) is 2.34. The average molecular weight is 378 g/mol. The van der Waals surface area contributed by atoms with E-state index in [1.807, 2.05) is 6.92 Å². The molecule has 1 fully saturated rings. The van der Waals surface area contributed by atoms with Crippen LogP contribution in [-0.2, 0) is 0 Å². The van der Waals surface area contributed by atoms with Crippen LogP contribution in [0.25, 0.3) is 22.4 Å². The summed E-state index contributed by atoms with van der Waals surface area (Å²) < 4.78 is 29.0. The van der Waals surface area contributed by atoms with Crippen molar-refractivity contribution in [2.75, 3.05) is 24.5 Å². The molecule has 0 bridgehead atoms. The number of hydrogen-bond donors (Lipinski definition) is 3. The van der Waals surface area contributed by atoms with Crippen molar-refractivity contribution in [1.29, 1.82) is 0 Å². The normalized spacial score (nSPS) is 18.8. The van der Waals surface area contributed by atoms with E-state index in [1.54, 1.807) is 23.2 Å². The number of fused-ring (bicyclic) bond motifs is 1. The summed E-state index contributed by atoms with van der Waals surface area (Å²) in [6.07, 6.45) is 1.63. The number of nitrogens with zero attached hydrogens (tertiary/aromatic N) is 4. The molecule has 1 aliphatic heterocycles. The summed E-state index contributed by atoms with van der Waals surface area (Å²) in [5.74, 6) is -1.44. The lowest BCUT2D eigenvalue weighted by Gasteiger charge is -2.36. The minimum absolute atomic E-state index is 0. The van der Waals surface area contributed by atoms with Crippen LogP contribution in [0.2, 0.25) is 0 Å². The molecule has 3 aromatic rings. The topological polar surface area (TPSA) is 90.0 Å². The van der Waals surface area contributed by atoms with Crippen molar-refractivity contribution in [1.82, 2.24) is 25.5 Å².